The topological polar surface area (TPSA) is 55.1 Å². The van der Waals surface area contributed by atoms with E-state index >= 15 is 0 Å². The van der Waals surface area contributed by atoms with Crippen molar-refractivity contribution in [2.75, 3.05) is 5.32 Å². The van der Waals surface area contributed by atoms with E-state index in [9.17, 15) is 9.18 Å². The number of halogens is 2. The highest BCUT2D eigenvalue weighted by molar-refractivity contribution is 6.34. The molecular formula is C16H14ClFN2O. The zero-order chi connectivity index (χ0) is 15.0. The number of rotatable bonds is 3. The molecule has 0 fully saturated rings. The Kier molecular flexibility index (Phi) is 3.55. The molecule has 0 spiro atoms. The number of nitrogens with two attached hydrogens (primary N) is 1. The zero-order valence-electron chi connectivity index (χ0n) is 11.2. The van der Waals surface area contributed by atoms with Gasteiger partial charge in [0.2, 0.25) is 5.91 Å². The molecule has 3 rings (SSSR count). The minimum absolute atomic E-state index is 0.121. The Balaban J connectivity index is 1.83. The lowest BCUT2D eigenvalue weighted by atomic mass is 10.1. The molecule has 0 radical (unpaired) electrons. The highest BCUT2D eigenvalue weighted by Gasteiger charge is 2.22. The third kappa shape index (κ3) is 2.72. The van der Waals surface area contributed by atoms with Crippen LogP contribution in [-0.2, 0) is 6.42 Å². The average Bonchev–Trinajstić information content (AvgIpc) is 2.80. The van der Waals surface area contributed by atoms with Crippen molar-refractivity contribution in [3.63, 3.8) is 0 Å². The van der Waals surface area contributed by atoms with Crippen LogP contribution in [0.2, 0.25) is 5.02 Å². The van der Waals surface area contributed by atoms with E-state index in [1.165, 1.54) is 6.07 Å². The van der Waals surface area contributed by atoms with Crippen molar-refractivity contribution in [3.8, 4) is 0 Å². The van der Waals surface area contributed by atoms with Crippen LogP contribution in [0.1, 0.15) is 33.9 Å². The van der Waals surface area contributed by atoms with Gasteiger partial charge in [0.1, 0.15) is 5.82 Å². The van der Waals surface area contributed by atoms with E-state index < -0.39 is 5.91 Å². The van der Waals surface area contributed by atoms with Crippen LogP contribution in [-0.4, -0.2) is 5.91 Å². The summed E-state index contributed by atoms with van der Waals surface area (Å²) in [4.78, 5) is 11.2. The van der Waals surface area contributed by atoms with Crippen LogP contribution < -0.4 is 11.1 Å². The van der Waals surface area contributed by atoms with Crippen molar-refractivity contribution in [1.29, 1.82) is 0 Å². The Bertz CT molecular complexity index is 717. The van der Waals surface area contributed by atoms with Crippen LogP contribution in [0.25, 0.3) is 0 Å². The molecule has 0 heterocycles. The molecule has 1 amide bonds. The molecule has 108 valence electrons. The quantitative estimate of drug-likeness (QED) is 0.909. The first kappa shape index (κ1) is 13.9. The molecule has 0 saturated carbocycles. The van der Waals surface area contributed by atoms with Gasteiger partial charge in [-0.1, -0.05) is 17.7 Å². The number of carbonyl (C=O) groups is 1. The van der Waals surface area contributed by atoms with Gasteiger partial charge >= 0.3 is 0 Å². The van der Waals surface area contributed by atoms with E-state index in [1.807, 2.05) is 6.07 Å². The summed E-state index contributed by atoms with van der Waals surface area (Å²) < 4.78 is 13.2. The Labute approximate surface area is 126 Å². The van der Waals surface area contributed by atoms with Crippen LogP contribution in [0.5, 0.6) is 0 Å². The number of anilines is 1. The number of aryl methyl sites for hydroxylation is 1. The van der Waals surface area contributed by atoms with Crippen LogP contribution in [0.15, 0.2) is 36.4 Å². The van der Waals surface area contributed by atoms with Gasteiger partial charge in [-0.25, -0.2) is 4.39 Å². The van der Waals surface area contributed by atoms with E-state index in [1.54, 1.807) is 24.3 Å². The molecule has 0 aliphatic heterocycles. The second-order valence-corrected chi connectivity index (χ2v) is 5.54. The maximum absolute atomic E-state index is 13.2. The van der Waals surface area contributed by atoms with Gasteiger partial charge in [0.15, 0.2) is 0 Å². The summed E-state index contributed by atoms with van der Waals surface area (Å²) in [7, 11) is 0. The van der Waals surface area contributed by atoms with Crippen LogP contribution >= 0.6 is 11.6 Å². The fourth-order valence-corrected chi connectivity index (χ4v) is 3.02. The van der Waals surface area contributed by atoms with Crippen molar-refractivity contribution in [1.82, 2.24) is 0 Å². The van der Waals surface area contributed by atoms with E-state index in [0.29, 0.717) is 10.6 Å². The van der Waals surface area contributed by atoms with E-state index in [4.69, 9.17) is 17.3 Å². The lowest BCUT2D eigenvalue weighted by molar-refractivity contribution is 0.100. The SMILES string of the molecule is NC(=O)c1ccc(NC2CCc3cc(F)ccc32)cc1Cl. The zero-order valence-corrected chi connectivity index (χ0v) is 12.0. The number of primary amides is 1. The fraction of sp³-hybridized carbons (Fsp3) is 0.188. The van der Waals surface area contributed by atoms with Crippen LogP contribution in [0, 0.1) is 5.82 Å². The molecule has 21 heavy (non-hydrogen) atoms. The number of benzene rings is 2. The van der Waals surface area contributed by atoms with Gasteiger partial charge in [0.25, 0.3) is 0 Å². The molecule has 2 aromatic carbocycles. The number of amides is 1. The lowest BCUT2D eigenvalue weighted by Gasteiger charge is -2.16. The van der Waals surface area contributed by atoms with Crippen LogP contribution in [0.3, 0.4) is 0 Å². The number of fused-ring (bicyclic) bond motifs is 1. The Morgan fingerprint density at radius 3 is 2.81 bits per heavy atom. The monoisotopic (exact) mass is 304 g/mol. The molecule has 5 heteroatoms. The normalized spacial score (nSPS) is 16.6. The number of carbonyl (C=O) groups excluding carboxylic acids is 1. The van der Waals surface area contributed by atoms with Crippen LogP contribution in [0.4, 0.5) is 10.1 Å². The summed E-state index contributed by atoms with van der Waals surface area (Å²) in [5.74, 6) is -0.753. The van der Waals surface area contributed by atoms with Gasteiger partial charge in [0, 0.05) is 5.69 Å². The lowest BCUT2D eigenvalue weighted by Crippen LogP contribution is -2.12. The third-order valence-corrected chi connectivity index (χ3v) is 4.07. The summed E-state index contributed by atoms with van der Waals surface area (Å²) in [6.07, 6.45) is 1.74. The predicted octanol–water partition coefficient (Wildman–Crippen LogP) is 3.68. The van der Waals surface area contributed by atoms with E-state index in [2.05, 4.69) is 5.32 Å². The maximum Gasteiger partial charge on any atom is 0.250 e. The largest absolute Gasteiger partial charge is 0.378 e. The van der Waals surface area contributed by atoms with Crippen molar-refractivity contribution in [2.24, 2.45) is 5.73 Å². The number of hydrogen-bond acceptors (Lipinski definition) is 2. The smallest absolute Gasteiger partial charge is 0.250 e. The first-order valence-electron chi connectivity index (χ1n) is 6.69. The third-order valence-electron chi connectivity index (χ3n) is 3.76. The molecular weight excluding hydrogens is 291 g/mol. The minimum atomic E-state index is -0.548. The van der Waals surface area contributed by atoms with Crippen molar-refractivity contribution < 1.29 is 9.18 Å². The summed E-state index contributed by atoms with van der Waals surface area (Å²) in [5, 5.41) is 3.69. The maximum atomic E-state index is 13.2. The Hall–Kier alpha value is -2.07. The first-order valence-corrected chi connectivity index (χ1v) is 7.06. The Morgan fingerprint density at radius 1 is 1.29 bits per heavy atom. The molecule has 1 aliphatic carbocycles. The molecule has 3 nitrogen and oxygen atoms in total. The molecule has 1 atom stereocenters. The summed E-state index contributed by atoms with van der Waals surface area (Å²) in [6, 6.07) is 10.1. The highest BCUT2D eigenvalue weighted by Crippen LogP contribution is 2.34. The number of hydrogen-bond donors (Lipinski definition) is 2. The average molecular weight is 305 g/mol. The van der Waals surface area contributed by atoms with Gasteiger partial charge < -0.3 is 11.1 Å². The Morgan fingerprint density at radius 2 is 2.10 bits per heavy atom. The van der Waals surface area contributed by atoms with E-state index in [-0.39, 0.29) is 11.9 Å². The van der Waals surface area contributed by atoms with E-state index in [0.717, 1.165) is 29.7 Å². The molecule has 1 aliphatic rings. The van der Waals surface area contributed by atoms with Gasteiger partial charge in [0.05, 0.1) is 16.6 Å². The highest BCUT2D eigenvalue weighted by atomic mass is 35.5. The second kappa shape index (κ2) is 5.37. The molecule has 2 aromatic rings. The number of nitrogens with one attached hydrogen (secondary N) is 1. The molecule has 0 aromatic heterocycles. The van der Waals surface area contributed by atoms with Gasteiger partial charge in [-0.3, -0.25) is 4.79 Å². The summed E-state index contributed by atoms with van der Waals surface area (Å²) in [6.45, 7) is 0. The molecule has 0 saturated heterocycles. The van der Waals surface area contributed by atoms with Gasteiger partial charge in [-0.2, -0.15) is 0 Å². The summed E-state index contributed by atoms with van der Waals surface area (Å²) >= 11 is 6.04. The van der Waals surface area contributed by atoms with Crippen molar-refractivity contribution in [2.45, 2.75) is 18.9 Å². The second-order valence-electron chi connectivity index (χ2n) is 5.14. The fourth-order valence-electron chi connectivity index (χ4n) is 2.74. The molecule has 1 unspecified atom stereocenters. The van der Waals surface area contributed by atoms with Crippen molar-refractivity contribution in [3.05, 3.63) is 63.9 Å². The molecule has 0 bridgehead atoms. The predicted molar refractivity (Wildman–Crippen MR) is 81.1 cm³/mol. The first-order chi connectivity index (χ1) is 10.0. The van der Waals surface area contributed by atoms with Gasteiger partial charge in [-0.05, 0) is 54.3 Å². The standard InChI is InChI=1S/C16H14ClFN2O/c17-14-8-11(3-5-13(14)16(19)21)20-15-6-1-9-7-10(18)2-4-12(9)15/h2-5,7-8,15,20H,1,6H2,(H2,19,21). The molecule has 3 N–H and O–H groups in total. The minimum Gasteiger partial charge on any atom is -0.378 e. The van der Waals surface area contributed by atoms with Crippen molar-refractivity contribution >= 4 is 23.2 Å². The summed E-state index contributed by atoms with van der Waals surface area (Å²) in [5.41, 5.74) is 8.48. The van der Waals surface area contributed by atoms with Gasteiger partial charge in [-0.15, -0.1) is 0 Å².